The molecule has 0 aliphatic carbocycles. The van der Waals surface area contributed by atoms with Gasteiger partial charge in [-0.2, -0.15) is 5.26 Å². The number of piperidine rings is 1. The fourth-order valence-corrected chi connectivity index (χ4v) is 5.49. The summed E-state index contributed by atoms with van der Waals surface area (Å²) < 4.78 is 5.14. The van der Waals surface area contributed by atoms with Crippen LogP contribution in [0.2, 0.25) is 0 Å². The average molecular weight is 548 g/mol. The van der Waals surface area contributed by atoms with Crippen molar-refractivity contribution in [3.8, 4) is 16.5 Å². The predicted molar refractivity (Wildman–Crippen MR) is 166 cm³/mol. The molecule has 0 saturated carbocycles. The molecule has 0 spiro atoms. The Morgan fingerprint density at radius 1 is 1.21 bits per heavy atom. The van der Waals surface area contributed by atoms with Crippen LogP contribution >= 0.6 is 11.3 Å². The summed E-state index contributed by atoms with van der Waals surface area (Å²) in [4.78, 5) is 17.3. The number of ether oxygens (including phenoxy) is 1. The Morgan fingerprint density at radius 2 is 1.90 bits per heavy atom. The van der Waals surface area contributed by atoms with E-state index >= 15 is 0 Å². The van der Waals surface area contributed by atoms with Gasteiger partial charge in [-0.15, -0.1) is 11.3 Å². The van der Waals surface area contributed by atoms with E-state index in [1.54, 1.807) is 18.4 Å². The highest BCUT2D eigenvalue weighted by molar-refractivity contribution is 7.16. The summed E-state index contributed by atoms with van der Waals surface area (Å²) >= 11 is 1.58. The van der Waals surface area contributed by atoms with Crippen LogP contribution in [0.15, 0.2) is 47.7 Å². The standard InChI is InChI=1S/C31H39N3O2S.C2H6/c1-7-26(34-16-9-8-10-17-34)20-24-11-12-25(19-22(24)2)29-14-13-28(37-29)23(3)27(21-32)30(35)33-31(4,5)15-18-36-6;1-2/h7,11-14,19-20H,2,8-10,15-18H2,1,3-6H3,(H,33,35);1-2H3/b24-20-,26-7+,27-23+;. The van der Waals surface area contributed by atoms with Crippen LogP contribution in [-0.2, 0) is 9.53 Å². The maximum absolute atomic E-state index is 12.9. The molecular formula is C33H45N3O2S. The molecule has 0 unspecified atom stereocenters. The third kappa shape index (κ3) is 8.95. The monoisotopic (exact) mass is 547 g/mol. The molecule has 1 aliphatic rings. The van der Waals surface area contributed by atoms with Crippen molar-refractivity contribution in [2.75, 3.05) is 26.8 Å². The summed E-state index contributed by atoms with van der Waals surface area (Å²) in [6, 6.07) is 12.5. The van der Waals surface area contributed by atoms with Gasteiger partial charge in [0.1, 0.15) is 11.6 Å². The van der Waals surface area contributed by atoms with E-state index in [-0.39, 0.29) is 11.5 Å². The van der Waals surface area contributed by atoms with E-state index in [4.69, 9.17) is 4.74 Å². The molecule has 1 amide bonds. The second-order valence-corrected chi connectivity index (χ2v) is 11.3. The number of carbonyl (C=O) groups is 1. The molecule has 39 heavy (non-hydrogen) atoms. The Hall–Kier alpha value is -3.14. The minimum absolute atomic E-state index is 0.137. The molecule has 2 heterocycles. The van der Waals surface area contributed by atoms with Crippen molar-refractivity contribution in [1.29, 1.82) is 5.26 Å². The number of hydrogen-bond acceptors (Lipinski definition) is 5. The van der Waals surface area contributed by atoms with E-state index in [1.807, 2.05) is 46.8 Å². The highest BCUT2D eigenvalue weighted by atomic mass is 32.1. The molecule has 210 valence electrons. The van der Waals surface area contributed by atoms with E-state index in [1.165, 1.54) is 25.0 Å². The fourth-order valence-electron chi connectivity index (χ4n) is 4.48. The lowest BCUT2D eigenvalue weighted by molar-refractivity contribution is -0.118. The third-order valence-electron chi connectivity index (χ3n) is 6.82. The first-order valence-corrected chi connectivity index (χ1v) is 14.8. The van der Waals surface area contributed by atoms with Crippen LogP contribution in [0.25, 0.3) is 28.7 Å². The highest BCUT2D eigenvalue weighted by Crippen LogP contribution is 2.32. The van der Waals surface area contributed by atoms with Gasteiger partial charge < -0.3 is 15.0 Å². The maximum Gasteiger partial charge on any atom is 0.262 e. The van der Waals surface area contributed by atoms with Crippen LogP contribution in [0, 0.1) is 11.3 Å². The smallest absolute Gasteiger partial charge is 0.262 e. The molecule has 2 aromatic rings. The van der Waals surface area contributed by atoms with E-state index < -0.39 is 5.54 Å². The number of methoxy groups -OCH3 is 1. The minimum Gasteiger partial charge on any atom is -0.385 e. The van der Waals surface area contributed by atoms with Crippen molar-refractivity contribution < 1.29 is 9.53 Å². The Balaban J connectivity index is 0.00000260. The first-order chi connectivity index (χ1) is 18.7. The summed E-state index contributed by atoms with van der Waals surface area (Å²) in [6.45, 7) is 18.9. The number of allylic oxidation sites excluding steroid dienone is 3. The topological polar surface area (TPSA) is 65.4 Å². The summed E-state index contributed by atoms with van der Waals surface area (Å²) in [7, 11) is 1.63. The number of nitrogens with zero attached hydrogens (tertiary/aromatic N) is 2. The van der Waals surface area contributed by atoms with Gasteiger partial charge in [-0.1, -0.05) is 38.6 Å². The van der Waals surface area contributed by atoms with Crippen molar-refractivity contribution in [2.45, 2.75) is 72.8 Å². The van der Waals surface area contributed by atoms with Crippen molar-refractivity contribution in [2.24, 2.45) is 0 Å². The minimum atomic E-state index is -0.472. The van der Waals surface area contributed by atoms with E-state index in [0.717, 1.165) is 38.8 Å². The van der Waals surface area contributed by atoms with Gasteiger partial charge in [0.05, 0.1) is 0 Å². The number of rotatable bonds is 9. The van der Waals surface area contributed by atoms with Crippen LogP contribution in [0.5, 0.6) is 0 Å². The van der Waals surface area contributed by atoms with Gasteiger partial charge in [0.25, 0.3) is 5.91 Å². The van der Waals surface area contributed by atoms with Gasteiger partial charge >= 0.3 is 0 Å². The van der Waals surface area contributed by atoms with Crippen LogP contribution < -0.4 is 15.8 Å². The van der Waals surface area contributed by atoms with Crippen LogP contribution in [0.4, 0.5) is 0 Å². The molecule has 6 heteroatoms. The molecule has 0 bridgehead atoms. The number of thiophene rings is 1. The number of amides is 1. The van der Waals surface area contributed by atoms with Crippen molar-refractivity contribution >= 4 is 35.5 Å². The van der Waals surface area contributed by atoms with Crippen molar-refractivity contribution in [3.05, 3.63) is 63.0 Å². The summed E-state index contributed by atoms with van der Waals surface area (Å²) in [5.74, 6) is -0.357. The van der Waals surface area contributed by atoms with Gasteiger partial charge in [0, 0.05) is 47.8 Å². The Bertz CT molecular complexity index is 1320. The highest BCUT2D eigenvalue weighted by Gasteiger charge is 2.24. The van der Waals surface area contributed by atoms with E-state index in [2.05, 4.69) is 60.1 Å². The molecule has 1 N–H and O–H groups in total. The average Bonchev–Trinajstić information content (AvgIpc) is 3.43. The molecular weight excluding hydrogens is 502 g/mol. The number of nitrogens with one attached hydrogen (secondary N) is 1. The molecule has 1 aromatic carbocycles. The quantitative estimate of drug-likeness (QED) is 0.298. The Labute approximate surface area is 239 Å². The third-order valence-corrected chi connectivity index (χ3v) is 8.07. The van der Waals surface area contributed by atoms with Crippen molar-refractivity contribution in [1.82, 2.24) is 10.2 Å². The van der Waals surface area contributed by atoms with Crippen LogP contribution in [0.3, 0.4) is 0 Å². The maximum atomic E-state index is 12.9. The summed E-state index contributed by atoms with van der Waals surface area (Å²) in [5.41, 5.74) is 2.68. The van der Waals surface area contributed by atoms with Crippen LogP contribution in [0.1, 0.15) is 72.1 Å². The zero-order chi connectivity index (χ0) is 29.0. The molecule has 0 radical (unpaired) electrons. The zero-order valence-corrected chi connectivity index (χ0v) is 25.6. The second-order valence-electron chi connectivity index (χ2n) is 10.2. The first kappa shape index (κ1) is 32.1. The largest absolute Gasteiger partial charge is 0.385 e. The van der Waals surface area contributed by atoms with Gasteiger partial charge in [-0.25, -0.2) is 0 Å². The lowest BCUT2D eigenvalue weighted by Gasteiger charge is -2.29. The molecule has 1 fully saturated rings. The zero-order valence-electron chi connectivity index (χ0n) is 24.8. The molecule has 1 aliphatic heterocycles. The number of likely N-dealkylation sites (tertiary alicyclic amines) is 1. The second kappa shape index (κ2) is 15.5. The Kier molecular flexibility index (Phi) is 12.7. The molecule has 3 rings (SSSR count). The molecule has 1 aromatic heterocycles. The molecule has 1 saturated heterocycles. The predicted octanol–water partition coefficient (Wildman–Crippen LogP) is 6.25. The van der Waals surface area contributed by atoms with E-state index in [9.17, 15) is 10.1 Å². The summed E-state index contributed by atoms with van der Waals surface area (Å²) in [6.07, 6.45) is 8.88. The normalized spacial score (nSPS) is 15.2. The number of carbonyl (C=O) groups excluding carboxylic acids is 1. The van der Waals surface area contributed by atoms with Crippen LogP contribution in [-0.4, -0.2) is 43.2 Å². The van der Waals surface area contributed by atoms with Crippen molar-refractivity contribution in [3.63, 3.8) is 0 Å². The van der Waals surface area contributed by atoms with Gasteiger partial charge in [-0.05, 0) is 99.2 Å². The number of hydrogen-bond donors (Lipinski definition) is 1. The molecule has 5 nitrogen and oxygen atoms in total. The number of nitriles is 1. The van der Waals surface area contributed by atoms with Gasteiger partial charge in [0.15, 0.2) is 0 Å². The van der Waals surface area contributed by atoms with Gasteiger partial charge in [-0.3, -0.25) is 4.79 Å². The first-order valence-electron chi connectivity index (χ1n) is 13.9. The lowest BCUT2D eigenvalue weighted by Crippen LogP contribution is -2.44. The number of benzene rings is 1. The SMILES string of the molecule is C=c1cc(-c2ccc(/C(C)=C(\C#N)C(=O)NC(C)(C)CCOC)s2)cc/c1=C/C(=C\C)N1CCCCC1.CC. The van der Waals surface area contributed by atoms with E-state index in [0.29, 0.717) is 18.6 Å². The fraction of sp³-hybridized carbons (Fsp3) is 0.455. The molecule has 0 atom stereocenters. The lowest BCUT2D eigenvalue weighted by atomic mass is 9.99. The summed E-state index contributed by atoms with van der Waals surface area (Å²) in [5, 5.41) is 14.8. The Morgan fingerprint density at radius 3 is 2.49 bits per heavy atom. The van der Waals surface area contributed by atoms with Gasteiger partial charge in [0.2, 0.25) is 0 Å².